The second-order valence-electron chi connectivity index (χ2n) is 6.38. The highest BCUT2D eigenvalue weighted by Crippen LogP contribution is 2.34. The van der Waals surface area contributed by atoms with Crippen LogP contribution in [0.3, 0.4) is 0 Å². The molecule has 2 aromatic carbocycles. The van der Waals surface area contributed by atoms with Gasteiger partial charge >= 0.3 is 5.97 Å². The normalized spacial score (nSPS) is 14.0. The van der Waals surface area contributed by atoms with Gasteiger partial charge in [-0.05, 0) is 41.0 Å². The van der Waals surface area contributed by atoms with E-state index >= 15 is 0 Å². The Morgan fingerprint density at radius 3 is 2.61 bits per heavy atom. The maximum absolute atomic E-state index is 12.3. The largest absolute Gasteiger partial charge is 0.481 e. The van der Waals surface area contributed by atoms with Gasteiger partial charge in [-0.2, -0.15) is 0 Å². The summed E-state index contributed by atoms with van der Waals surface area (Å²) >= 11 is 0. The van der Waals surface area contributed by atoms with Crippen LogP contribution in [0.5, 0.6) is 0 Å². The molecule has 23 heavy (non-hydrogen) atoms. The third kappa shape index (κ3) is 3.34. The molecule has 3 heteroatoms. The van der Waals surface area contributed by atoms with Gasteiger partial charge < -0.3 is 5.11 Å². The van der Waals surface area contributed by atoms with Crippen molar-refractivity contribution in [1.82, 2.24) is 0 Å². The molecule has 118 valence electrons. The van der Waals surface area contributed by atoms with Crippen molar-refractivity contribution in [2.75, 3.05) is 0 Å². The van der Waals surface area contributed by atoms with Gasteiger partial charge in [0.1, 0.15) is 0 Å². The van der Waals surface area contributed by atoms with E-state index in [4.69, 9.17) is 5.11 Å². The summed E-state index contributed by atoms with van der Waals surface area (Å²) in [6, 6.07) is 14.1. The fourth-order valence-corrected chi connectivity index (χ4v) is 3.25. The number of fused-ring (bicyclic) bond motifs is 3. The molecule has 0 unspecified atom stereocenters. The summed E-state index contributed by atoms with van der Waals surface area (Å²) in [7, 11) is 0. The van der Waals surface area contributed by atoms with Crippen molar-refractivity contribution < 1.29 is 14.7 Å². The van der Waals surface area contributed by atoms with Gasteiger partial charge in [-0.25, -0.2) is 0 Å². The Balaban J connectivity index is 1.80. The zero-order valence-corrected chi connectivity index (χ0v) is 13.2. The maximum atomic E-state index is 12.3. The summed E-state index contributed by atoms with van der Waals surface area (Å²) in [6.45, 7) is 1.96. The Hall–Kier alpha value is -2.42. The van der Waals surface area contributed by atoms with Crippen LogP contribution in [0.15, 0.2) is 42.5 Å². The molecule has 1 aliphatic carbocycles. The molecule has 0 saturated heterocycles. The molecule has 0 fully saturated rings. The number of carbonyl (C=O) groups is 2. The fourth-order valence-electron chi connectivity index (χ4n) is 3.25. The summed E-state index contributed by atoms with van der Waals surface area (Å²) in [5.74, 6) is -0.416. The number of aliphatic carboxylic acids is 1. The first-order valence-electron chi connectivity index (χ1n) is 8.01. The SMILES string of the molecule is C[C@@H](CCc1ccc2c(c1)CC(=O)c1ccccc1-2)CC(=O)O. The van der Waals surface area contributed by atoms with E-state index in [9.17, 15) is 9.59 Å². The first kappa shape index (κ1) is 15.5. The summed E-state index contributed by atoms with van der Waals surface area (Å²) in [5, 5.41) is 8.82. The summed E-state index contributed by atoms with van der Waals surface area (Å²) in [4.78, 5) is 23.0. The minimum atomic E-state index is -0.745. The van der Waals surface area contributed by atoms with E-state index in [-0.39, 0.29) is 18.1 Å². The van der Waals surface area contributed by atoms with Crippen LogP contribution in [0.4, 0.5) is 0 Å². The molecule has 0 bridgehead atoms. The fraction of sp³-hybridized carbons (Fsp3) is 0.300. The zero-order chi connectivity index (χ0) is 16.4. The van der Waals surface area contributed by atoms with Crippen LogP contribution in [-0.2, 0) is 17.6 Å². The molecule has 0 saturated carbocycles. The van der Waals surface area contributed by atoms with E-state index in [1.807, 2.05) is 31.2 Å². The lowest BCUT2D eigenvalue weighted by atomic mass is 9.83. The van der Waals surface area contributed by atoms with Crippen LogP contribution in [0.2, 0.25) is 0 Å². The lowest BCUT2D eigenvalue weighted by Crippen LogP contribution is -2.12. The smallest absolute Gasteiger partial charge is 0.303 e. The molecule has 3 nitrogen and oxygen atoms in total. The number of hydrogen-bond donors (Lipinski definition) is 1. The molecule has 0 aliphatic heterocycles. The number of carbonyl (C=O) groups excluding carboxylic acids is 1. The second-order valence-corrected chi connectivity index (χ2v) is 6.38. The minimum Gasteiger partial charge on any atom is -0.481 e. The Kier molecular flexibility index (Phi) is 4.28. The number of rotatable bonds is 5. The van der Waals surface area contributed by atoms with E-state index in [0.29, 0.717) is 6.42 Å². The van der Waals surface area contributed by atoms with Crippen LogP contribution >= 0.6 is 0 Å². The van der Waals surface area contributed by atoms with Crippen LogP contribution in [0, 0.1) is 5.92 Å². The maximum Gasteiger partial charge on any atom is 0.303 e. The summed E-state index contributed by atoms with van der Waals surface area (Å²) in [5.41, 5.74) is 5.22. The summed E-state index contributed by atoms with van der Waals surface area (Å²) in [6.07, 6.45) is 2.34. The molecular weight excluding hydrogens is 288 g/mol. The van der Waals surface area contributed by atoms with Gasteiger partial charge in [-0.1, -0.05) is 49.4 Å². The number of hydrogen-bond acceptors (Lipinski definition) is 2. The number of ketones is 1. The van der Waals surface area contributed by atoms with Crippen LogP contribution in [-0.4, -0.2) is 16.9 Å². The first-order chi connectivity index (χ1) is 11.0. The quantitative estimate of drug-likeness (QED) is 0.903. The van der Waals surface area contributed by atoms with Crippen molar-refractivity contribution in [2.24, 2.45) is 5.92 Å². The molecule has 2 aromatic rings. The molecular formula is C20H20O3. The lowest BCUT2D eigenvalue weighted by molar-refractivity contribution is -0.138. The van der Waals surface area contributed by atoms with Crippen molar-refractivity contribution in [2.45, 2.75) is 32.6 Å². The Morgan fingerprint density at radius 1 is 1.13 bits per heavy atom. The number of aryl methyl sites for hydroxylation is 1. The van der Waals surface area contributed by atoms with Crippen LogP contribution in [0.1, 0.15) is 41.3 Å². The number of benzene rings is 2. The molecule has 0 spiro atoms. The summed E-state index contributed by atoms with van der Waals surface area (Å²) < 4.78 is 0. The monoisotopic (exact) mass is 308 g/mol. The van der Waals surface area contributed by atoms with Gasteiger partial charge in [0.2, 0.25) is 0 Å². The minimum absolute atomic E-state index is 0.158. The van der Waals surface area contributed by atoms with Gasteiger partial charge in [0.05, 0.1) is 0 Å². The number of carboxylic acid groups (broad SMARTS) is 1. The third-order valence-electron chi connectivity index (χ3n) is 4.49. The average Bonchev–Trinajstić information content (AvgIpc) is 2.52. The van der Waals surface area contributed by atoms with Crippen molar-refractivity contribution >= 4 is 11.8 Å². The number of Topliss-reactive ketones (excluding diaryl/α,β-unsaturated/α-hetero) is 1. The highest BCUT2D eigenvalue weighted by atomic mass is 16.4. The van der Waals surface area contributed by atoms with E-state index in [2.05, 4.69) is 18.2 Å². The van der Waals surface area contributed by atoms with Crippen LogP contribution < -0.4 is 0 Å². The highest BCUT2D eigenvalue weighted by molar-refractivity contribution is 6.07. The van der Waals surface area contributed by atoms with Crippen molar-refractivity contribution in [1.29, 1.82) is 0 Å². The molecule has 1 aliphatic rings. The van der Waals surface area contributed by atoms with Gasteiger partial charge in [0, 0.05) is 18.4 Å². The highest BCUT2D eigenvalue weighted by Gasteiger charge is 2.22. The molecule has 3 rings (SSSR count). The van der Waals surface area contributed by atoms with E-state index in [0.717, 1.165) is 35.1 Å². The van der Waals surface area contributed by atoms with Crippen molar-refractivity contribution in [3.05, 3.63) is 59.2 Å². The molecule has 0 amide bonds. The lowest BCUT2D eigenvalue weighted by Gasteiger charge is -2.20. The Labute approximate surface area is 136 Å². The van der Waals surface area contributed by atoms with E-state index in [1.54, 1.807) is 0 Å². The third-order valence-corrected chi connectivity index (χ3v) is 4.49. The Bertz CT molecular complexity index is 761. The molecule has 0 heterocycles. The number of carboxylic acids is 1. The zero-order valence-electron chi connectivity index (χ0n) is 13.2. The Morgan fingerprint density at radius 2 is 1.87 bits per heavy atom. The van der Waals surface area contributed by atoms with E-state index in [1.165, 1.54) is 5.56 Å². The molecule has 1 N–H and O–H groups in total. The van der Waals surface area contributed by atoms with Crippen molar-refractivity contribution in [3.8, 4) is 11.1 Å². The van der Waals surface area contributed by atoms with Gasteiger partial charge in [-0.3, -0.25) is 9.59 Å². The molecule has 1 atom stereocenters. The second kappa shape index (κ2) is 6.37. The van der Waals surface area contributed by atoms with E-state index < -0.39 is 5.97 Å². The van der Waals surface area contributed by atoms with Crippen LogP contribution in [0.25, 0.3) is 11.1 Å². The van der Waals surface area contributed by atoms with Gasteiger partial charge in [0.15, 0.2) is 5.78 Å². The average molecular weight is 308 g/mol. The van der Waals surface area contributed by atoms with Gasteiger partial charge in [0.25, 0.3) is 0 Å². The standard InChI is InChI=1S/C20H20O3/c1-13(10-20(22)23)6-7-14-8-9-16-15(11-14)12-19(21)18-5-3-2-4-17(16)18/h2-5,8-9,11,13H,6-7,10,12H2,1H3,(H,22,23)/t13-/m0/s1. The predicted molar refractivity (Wildman–Crippen MR) is 89.7 cm³/mol. The van der Waals surface area contributed by atoms with Gasteiger partial charge in [-0.15, -0.1) is 0 Å². The molecule has 0 radical (unpaired) electrons. The predicted octanol–water partition coefficient (Wildman–Crippen LogP) is 4.14. The topological polar surface area (TPSA) is 54.4 Å². The molecule has 0 aromatic heterocycles. The first-order valence-corrected chi connectivity index (χ1v) is 8.01. The van der Waals surface area contributed by atoms with Crippen molar-refractivity contribution in [3.63, 3.8) is 0 Å².